The summed E-state index contributed by atoms with van der Waals surface area (Å²) < 4.78 is 20.7. The molecule has 3 rings (SSSR count). The Balaban J connectivity index is 1.79. The molecule has 0 spiro atoms. The van der Waals surface area contributed by atoms with Crippen LogP contribution in [-0.4, -0.2) is 42.3 Å². The highest BCUT2D eigenvalue weighted by atomic mass is 35.5. The molecule has 0 aliphatic heterocycles. The Bertz CT molecular complexity index is 1110. The lowest BCUT2D eigenvalue weighted by molar-refractivity contribution is 0.121. The number of aryl methyl sites for hydroxylation is 1. The molecule has 3 N–H and O–H groups in total. The smallest absolute Gasteiger partial charge is 0.413 e. The highest BCUT2D eigenvalue weighted by molar-refractivity contribution is 6.30. The zero-order valence-electron chi connectivity index (χ0n) is 15.6. The topological polar surface area (TPSA) is 144 Å². The molecule has 0 saturated carbocycles. The molecule has 3 heterocycles. The summed E-state index contributed by atoms with van der Waals surface area (Å²) in [7, 11) is 1.50. The number of aromatic nitrogens is 5. The Hall–Kier alpha value is -3.80. The van der Waals surface area contributed by atoms with E-state index in [9.17, 15) is 14.0 Å². The van der Waals surface area contributed by atoms with Crippen molar-refractivity contribution in [3.8, 4) is 11.4 Å². The van der Waals surface area contributed by atoms with Crippen molar-refractivity contribution in [2.45, 2.75) is 13.0 Å². The molecule has 1 atom stereocenters. The van der Waals surface area contributed by atoms with Gasteiger partial charge in [0.1, 0.15) is 11.3 Å². The number of carbonyl (C=O) groups is 2. The molecule has 2 amide bonds. The lowest BCUT2D eigenvalue weighted by Gasteiger charge is -2.15. The molecule has 0 bridgehead atoms. The summed E-state index contributed by atoms with van der Waals surface area (Å²) in [6.07, 6.45) is -0.472. The molecule has 13 heteroatoms. The largest absolute Gasteiger partial charge is 0.465 e. The van der Waals surface area contributed by atoms with Crippen molar-refractivity contribution in [1.29, 1.82) is 0 Å². The molecule has 3 aromatic rings. The number of amides is 2. The van der Waals surface area contributed by atoms with E-state index in [1.165, 1.54) is 17.9 Å². The van der Waals surface area contributed by atoms with E-state index in [2.05, 4.69) is 25.6 Å². The number of nitrogens with one attached hydrogen (secondary N) is 2. The van der Waals surface area contributed by atoms with E-state index in [-0.39, 0.29) is 28.0 Å². The summed E-state index contributed by atoms with van der Waals surface area (Å²) in [5.41, 5.74) is 0.270. The van der Waals surface area contributed by atoms with Crippen molar-refractivity contribution in [3.05, 3.63) is 47.1 Å². The summed E-state index contributed by atoms with van der Waals surface area (Å²) in [5.74, 6) is -0.781. The van der Waals surface area contributed by atoms with E-state index in [0.29, 0.717) is 5.56 Å². The van der Waals surface area contributed by atoms with Gasteiger partial charge >= 0.3 is 12.2 Å². The number of pyridine rings is 2. The third kappa shape index (κ3) is 4.60. The van der Waals surface area contributed by atoms with Crippen LogP contribution in [0, 0.1) is 5.82 Å². The van der Waals surface area contributed by atoms with Crippen LogP contribution in [-0.2, 0) is 11.8 Å². The maximum Gasteiger partial charge on any atom is 0.413 e. The van der Waals surface area contributed by atoms with Crippen LogP contribution in [0.3, 0.4) is 0 Å². The van der Waals surface area contributed by atoms with Gasteiger partial charge in [-0.15, -0.1) is 5.10 Å². The Morgan fingerprint density at radius 1 is 1.33 bits per heavy atom. The summed E-state index contributed by atoms with van der Waals surface area (Å²) >= 11 is 6.00. The van der Waals surface area contributed by atoms with Crippen LogP contribution in [0.4, 0.5) is 25.5 Å². The van der Waals surface area contributed by atoms with Crippen LogP contribution in [0.1, 0.15) is 18.6 Å². The van der Waals surface area contributed by atoms with Crippen LogP contribution in [0.5, 0.6) is 0 Å². The van der Waals surface area contributed by atoms with Crippen LogP contribution in [0.25, 0.3) is 11.4 Å². The van der Waals surface area contributed by atoms with Gasteiger partial charge in [0.25, 0.3) is 0 Å². The van der Waals surface area contributed by atoms with Crippen molar-refractivity contribution in [2.75, 3.05) is 10.6 Å². The van der Waals surface area contributed by atoms with Gasteiger partial charge in [0.15, 0.2) is 17.3 Å². The molecule has 1 unspecified atom stereocenters. The van der Waals surface area contributed by atoms with Crippen molar-refractivity contribution >= 4 is 35.3 Å². The first-order valence-corrected chi connectivity index (χ1v) is 8.77. The Morgan fingerprint density at radius 3 is 2.77 bits per heavy atom. The highest BCUT2D eigenvalue weighted by Gasteiger charge is 2.21. The lowest BCUT2D eigenvalue weighted by atomic mass is 10.2. The Morgan fingerprint density at radius 2 is 2.10 bits per heavy atom. The number of halogens is 2. The molecule has 3 aromatic heterocycles. The van der Waals surface area contributed by atoms with Crippen LogP contribution in [0.2, 0.25) is 5.15 Å². The van der Waals surface area contributed by atoms with Crippen molar-refractivity contribution in [3.63, 3.8) is 0 Å². The fraction of sp³-hybridized carbons (Fsp3) is 0.176. The second kappa shape index (κ2) is 8.69. The van der Waals surface area contributed by atoms with Gasteiger partial charge in [-0.05, 0) is 13.0 Å². The van der Waals surface area contributed by atoms with Gasteiger partial charge in [0, 0.05) is 24.9 Å². The SMILES string of the molecule is CC(OC(=O)Nc1c(-c2cc(F)c(NC(=O)O)cn2)nnn1C)c1cccnc1Cl. The molecule has 0 aliphatic rings. The number of carbonyl (C=O) groups excluding carboxylic acids is 1. The fourth-order valence-corrected chi connectivity index (χ4v) is 2.76. The second-order valence-electron chi connectivity index (χ2n) is 5.95. The number of anilines is 2. The number of rotatable bonds is 5. The average Bonchev–Trinajstić information content (AvgIpc) is 3.03. The van der Waals surface area contributed by atoms with Crippen molar-refractivity contribution < 1.29 is 23.8 Å². The van der Waals surface area contributed by atoms with E-state index in [1.54, 1.807) is 19.1 Å². The molecule has 0 saturated heterocycles. The zero-order chi connectivity index (χ0) is 21.8. The predicted octanol–water partition coefficient (Wildman–Crippen LogP) is 3.46. The summed E-state index contributed by atoms with van der Waals surface area (Å²) in [6, 6.07) is 4.29. The van der Waals surface area contributed by atoms with E-state index in [4.69, 9.17) is 21.4 Å². The molecule has 0 fully saturated rings. The molecule has 11 nitrogen and oxygen atoms in total. The molecule has 156 valence electrons. The molecule has 30 heavy (non-hydrogen) atoms. The van der Waals surface area contributed by atoms with Gasteiger partial charge in [-0.2, -0.15) is 0 Å². The number of hydrogen-bond acceptors (Lipinski definition) is 7. The Labute approximate surface area is 173 Å². The van der Waals surface area contributed by atoms with Gasteiger partial charge in [-0.3, -0.25) is 15.6 Å². The predicted molar refractivity (Wildman–Crippen MR) is 104 cm³/mol. The Kier molecular flexibility index (Phi) is 6.06. The lowest BCUT2D eigenvalue weighted by Crippen LogP contribution is -2.18. The van der Waals surface area contributed by atoms with Crippen LogP contribution in [0.15, 0.2) is 30.6 Å². The van der Waals surface area contributed by atoms with Gasteiger partial charge in [-0.1, -0.05) is 22.9 Å². The molecule has 0 radical (unpaired) electrons. The first kappa shape index (κ1) is 20.9. The third-order valence-electron chi connectivity index (χ3n) is 3.89. The zero-order valence-corrected chi connectivity index (χ0v) is 16.4. The maximum atomic E-state index is 14.1. The number of nitrogens with zero attached hydrogens (tertiary/aromatic N) is 5. The minimum Gasteiger partial charge on any atom is -0.465 e. The van der Waals surface area contributed by atoms with E-state index < -0.39 is 24.1 Å². The first-order valence-electron chi connectivity index (χ1n) is 8.40. The van der Waals surface area contributed by atoms with Crippen LogP contribution >= 0.6 is 11.6 Å². The molecule has 0 aromatic carbocycles. The first-order chi connectivity index (χ1) is 14.3. The number of carboxylic acid groups (broad SMARTS) is 1. The van der Waals surface area contributed by atoms with Gasteiger partial charge in [0.05, 0.1) is 17.6 Å². The maximum absolute atomic E-state index is 14.1. The molecule has 0 aliphatic carbocycles. The summed E-state index contributed by atoms with van der Waals surface area (Å²) in [4.78, 5) is 30.9. The van der Waals surface area contributed by atoms with Gasteiger partial charge in [0.2, 0.25) is 0 Å². The van der Waals surface area contributed by atoms with Gasteiger partial charge in [-0.25, -0.2) is 23.6 Å². The second-order valence-corrected chi connectivity index (χ2v) is 6.30. The van der Waals surface area contributed by atoms with Crippen LogP contribution < -0.4 is 10.6 Å². The monoisotopic (exact) mass is 435 g/mol. The minimum atomic E-state index is -1.43. The average molecular weight is 436 g/mol. The molecular formula is C17H15ClFN7O4. The van der Waals surface area contributed by atoms with E-state index >= 15 is 0 Å². The standard InChI is InChI=1S/C17H15ClFN7O4/c1-8(9-4-3-5-20-14(9)18)30-17(29)23-15-13(24-25-26(15)2)11-6-10(19)12(7-21-11)22-16(27)28/h3-8,22H,1-2H3,(H,23,29)(H,27,28). The van der Waals surface area contributed by atoms with E-state index in [1.807, 2.05) is 5.32 Å². The van der Waals surface area contributed by atoms with Crippen molar-refractivity contribution in [2.24, 2.45) is 7.05 Å². The summed E-state index contributed by atoms with van der Waals surface area (Å²) in [5, 5.41) is 20.9. The quantitative estimate of drug-likeness (QED) is 0.516. The number of hydrogen-bond donors (Lipinski definition) is 3. The normalized spacial score (nSPS) is 11.6. The van der Waals surface area contributed by atoms with Crippen molar-refractivity contribution in [1.82, 2.24) is 25.0 Å². The fourth-order valence-electron chi connectivity index (χ4n) is 2.49. The third-order valence-corrected chi connectivity index (χ3v) is 4.21. The highest BCUT2D eigenvalue weighted by Crippen LogP contribution is 2.27. The summed E-state index contributed by atoms with van der Waals surface area (Å²) in [6.45, 7) is 1.62. The molecular weight excluding hydrogens is 421 g/mol. The van der Waals surface area contributed by atoms with E-state index in [0.717, 1.165) is 12.3 Å². The van der Waals surface area contributed by atoms with Gasteiger partial charge < -0.3 is 9.84 Å². The minimum absolute atomic E-state index is 0.0233. The number of ether oxygens (including phenoxy) is 1.